The Labute approximate surface area is 133 Å². The number of aliphatic imine (C=N–C) groups is 2. The van der Waals surface area contributed by atoms with E-state index in [1.54, 1.807) is 27.0 Å². The van der Waals surface area contributed by atoms with Crippen LogP contribution in [0.1, 0.15) is 12.6 Å². The number of hydrogen-bond donors (Lipinski definition) is 2. The Bertz CT molecular complexity index is 716. The van der Waals surface area contributed by atoms with E-state index in [9.17, 15) is 9.59 Å². The van der Waals surface area contributed by atoms with Crippen molar-refractivity contribution in [2.45, 2.75) is 13.8 Å². The lowest BCUT2D eigenvalue weighted by atomic mass is 10.2. The van der Waals surface area contributed by atoms with E-state index >= 15 is 0 Å². The lowest BCUT2D eigenvalue weighted by Crippen LogP contribution is -2.33. The van der Waals surface area contributed by atoms with Gasteiger partial charge >= 0.3 is 6.03 Å². The summed E-state index contributed by atoms with van der Waals surface area (Å²) in [6, 6.07) is 1.23. The number of carbonyl (C=O) groups excluding carboxylic acids is 2. The van der Waals surface area contributed by atoms with Crippen LogP contribution in [-0.2, 0) is 9.53 Å². The smallest absolute Gasteiger partial charge is 0.320 e. The fraction of sp³-hybridized carbons (Fsp3) is 0.357. The normalized spacial score (nSPS) is 14.4. The summed E-state index contributed by atoms with van der Waals surface area (Å²) in [5.74, 6) is -0.0376. The number of carbonyl (C=O) groups is 2. The van der Waals surface area contributed by atoms with Gasteiger partial charge in [0.05, 0.1) is 23.6 Å². The highest BCUT2D eigenvalue weighted by atomic mass is 16.5. The zero-order chi connectivity index (χ0) is 17.0. The van der Waals surface area contributed by atoms with Gasteiger partial charge in [-0.15, -0.1) is 0 Å². The second kappa shape index (κ2) is 6.97. The van der Waals surface area contributed by atoms with Crippen LogP contribution < -0.4 is 10.6 Å². The molecule has 9 nitrogen and oxygen atoms in total. The van der Waals surface area contributed by atoms with Crippen molar-refractivity contribution in [3.8, 4) is 0 Å². The summed E-state index contributed by atoms with van der Waals surface area (Å²) in [4.78, 5) is 31.7. The van der Waals surface area contributed by atoms with Crippen LogP contribution in [0.15, 0.2) is 28.2 Å². The minimum absolute atomic E-state index is 0.0835. The van der Waals surface area contributed by atoms with Crippen molar-refractivity contribution in [3.63, 3.8) is 0 Å². The van der Waals surface area contributed by atoms with Gasteiger partial charge in [-0.3, -0.25) is 10.1 Å². The van der Waals surface area contributed by atoms with Gasteiger partial charge in [0.15, 0.2) is 0 Å². The summed E-state index contributed by atoms with van der Waals surface area (Å²) in [7, 11) is 1.55. The zero-order valence-corrected chi connectivity index (χ0v) is 13.2. The molecular formula is C14H18N6O3. The van der Waals surface area contributed by atoms with E-state index in [1.807, 2.05) is 0 Å². The Morgan fingerprint density at radius 2 is 2.13 bits per heavy atom. The van der Waals surface area contributed by atoms with Gasteiger partial charge < -0.3 is 10.1 Å². The number of ether oxygens (including phenoxy) is 1. The molecule has 2 N–H and O–H groups in total. The number of amides is 3. The highest BCUT2D eigenvalue weighted by molar-refractivity contribution is 6.27. The van der Waals surface area contributed by atoms with E-state index in [4.69, 9.17) is 4.74 Å². The summed E-state index contributed by atoms with van der Waals surface area (Å²) < 4.78 is 6.16. The van der Waals surface area contributed by atoms with Gasteiger partial charge in [-0.1, -0.05) is 6.58 Å². The molecule has 0 bridgehead atoms. The molecular weight excluding hydrogens is 300 g/mol. The maximum Gasteiger partial charge on any atom is 0.320 e. The summed E-state index contributed by atoms with van der Waals surface area (Å²) in [6.45, 7) is 7.80. The van der Waals surface area contributed by atoms with Crippen molar-refractivity contribution in [1.29, 1.82) is 0 Å². The van der Waals surface area contributed by atoms with Crippen LogP contribution in [0, 0.1) is 6.92 Å². The van der Waals surface area contributed by atoms with E-state index in [-0.39, 0.29) is 11.5 Å². The Morgan fingerprint density at radius 3 is 2.78 bits per heavy atom. The third-order valence-electron chi connectivity index (χ3n) is 3.02. The van der Waals surface area contributed by atoms with Crippen molar-refractivity contribution in [2.75, 3.05) is 25.6 Å². The number of nitrogens with one attached hydrogen (secondary N) is 2. The molecule has 1 aromatic heterocycles. The number of anilines is 1. The largest absolute Gasteiger partial charge is 0.383 e. The zero-order valence-electron chi connectivity index (χ0n) is 13.2. The molecule has 1 aromatic rings. The molecule has 2 rings (SSSR count). The Kier molecular flexibility index (Phi) is 5.02. The SMILES string of the molecule is C=C1C(=O)N=C(n2nc(C)cc2NC(=O)NCCOC)N=C1C. The molecule has 0 fully saturated rings. The molecule has 0 aromatic carbocycles. The molecule has 23 heavy (non-hydrogen) atoms. The summed E-state index contributed by atoms with van der Waals surface area (Å²) in [5.41, 5.74) is 1.35. The molecule has 0 radical (unpaired) electrons. The van der Waals surface area contributed by atoms with Gasteiger partial charge in [0.1, 0.15) is 5.82 Å². The molecule has 0 unspecified atom stereocenters. The molecule has 3 amide bonds. The van der Waals surface area contributed by atoms with Gasteiger partial charge in [0.25, 0.3) is 11.9 Å². The van der Waals surface area contributed by atoms with Crippen molar-refractivity contribution < 1.29 is 14.3 Å². The topological polar surface area (TPSA) is 110 Å². The Hall–Kier alpha value is -2.81. The average Bonchev–Trinajstić information content (AvgIpc) is 2.85. The number of urea groups is 1. The highest BCUT2D eigenvalue weighted by Crippen LogP contribution is 2.14. The third-order valence-corrected chi connectivity index (χ3v) is 3.02. The second-order valence-corrected chi connectivity index (χ2v) is 4.85. The van der Waals surface area contributed by atoms with Crippen LogP contribution in [0.2, 0.25) is 0 Å². The van der Waals surface area contributed by atoms with E-state index in [1.165, 1.54) is 4.68 Å². The van der Waals surface area contributed by atoms with E-state index in [0.29, 0.717) is 30.4 Å². The average molecular weight is 318 g/mol. The van der Waals surface area contributed by atoms with Crippen molar-refractivity contribution >= 4 is 29.4 Å². The molecule has 2 heterocycles. The third kappa shape index (κ3) is 3.89. The molecule has 122 valence electrons. The summed E-state index contributed by atoms with van der Waals surface area (Å²) in [6.07, 6.45) is 0. The van der Waals surface area contributed by atoms with Crippen LogP contribution in [-0.4, -0.2) is 53.7 Å². The molecule has 0 saturated carbocycles. The highest BCUT2D eigenvalue weighted by Gasteiger charge is 2.21. The number of rotatable bonds is 4. The number of methoxy groups -OCH3 is 1. The number of hydrogen-bond acceptors (Lipinski definition) is 5. The van der Waals surface area contributed by atoms with E-state index < -0.39 is 11.9 Å². The maximum atomic E-state index is 11.8. The minimum atomic E-state index is -0.476. The van der Waals surface area contributed by atoms with Crippen LogP contribution >= 0.6 is 0 Å². The lowest BCUT2D eigenvalue weighted by Gasteiger charge is -2.13. The fourth-order valence-electron chi connectivity index (χ4n) is 1.82. The molecule has 0 saturated heterocycles. The van der Waals surface area contributed by atoms with Crippen molar-refractivity contribution in [3.05, 3.63) is 23.9 Å². The van der Waals surface area contributed by atoms with Gasteiger partial charge in [0, 0.05) is 19.7 Å². The van der Waals surface area contributed by atoms with E-state index in [2.05, 4.69) is 32.3 Å². The predicted molar refractivity (Wildman–Crippen MR) is 86.0 cm³/mol. The first-order valence-corrected chi connectivity index (χ1v) is 6.90. The Balaban J connectivity index is 2.21. The Morgan fingerprint density at radius 1 is 1.39 bits per heavy atom. The monoisotopic (exact) mass is 318 g/mol. The van der Waals surface area contributed by atoms with Gasteiger partial charge in [0.2, 0.25) is 0 Å². The number of nitrogens with zero attached hydrogens (tertiary/aromatic N) is 4. The molecule has 1 aliphatic heterocycles. The second-order valence-electron chi connectivity index (χ2n) is 4.85. The number of aromatic nitrogens is 2. The molecule has 9 heteroatoms. The molecule has 0 spiro atoms. The summed E-state index contributed by atoms with van der Waals surface area (Å²) >= 11 is 0. The number of aryl methyl sites for hydroxylation is 1. The van der Waals surface area contributed by atoms with Gasteiger partial charge in [-0.05, 0) is 13.8 Å². The lowest BCUT2D eigenvalue weighted by molar-refractivity contribution is -0.113. The van der Waals surface area contributed by atoms with Crippen LogP contribution in [0.4, 0.5) is 10.6 Å². The van der Waals surface area contributed by atoms with E-state index in [0.717, 1.165) is 0 Å². The standard InChI is InChI=1S/C14H18N6O3/c1-8-7-11(17-14(22)15-5-6-23-4)20(19-8)13-16-10(3)9(2)12(21)18-13/h7H,2,5-6H2,1,3-4H3,(H2,15,17,22). The first-order chi connectivity index (χ1) is 10.9. The van der Waals surface area contributed by atoms with Crippen molar-refractivity contribution in [2.24, 2.45) is 9.98 Å². The first-order valence-electron chi connectivity index (χ1n) is 6.90. The van der Waals surface area contributed by atoms with Crippen molar-refractivity contribution in [1.82, 2.24) is 15.1 Å². The van der Waals surface area contributed by atoms with Gasteiger partial charge in [-0.25, -0.2) is 9.79 Å². The first kappa shape index (κ1) is 16.6. The predicted octanol–water partition coefficient (Wildman–Crippen LogP) is 0.721. The van der Waals surface area contributed by atoms with Crippen LogP contribution in [0.3, 0.4) is 0 Å². The molecule has 1 aliphatic rings. The quantitative estimate of drug-likeness (QED) is 0.629. The fourth-order valence-corrected chi connectivity index (χ4v) is 1.82. The summed E-state index contributed by atoms with van der Waals surface area (Å²) in [5, 5.41) is 9.47. The van der Waals surface area contributed by atoms with Gasteiger partial charge in [-0.2, -0.15) is 14.8 Å². The molecule has 0 atom stereocenters. The van der Waals surface area contributed by atoms with Crippen LogP contribution in [0.25, 0.3) is 0 Å². The molecule has 0 aliphatic carbocycles. The van der Waals surface area contributed by atoms with Crippen LogP contribution in [0.5, 0.6) is 0 Å². The maximum absolute atomic E-state index is 11.8. The minimum Gasteiger partial charge on any atom is -0.383 e.